The summed E-state index contributed by atoms with van der Waals surface area (Å²) >= 11 is 0. The molecule has 0 aromatic carbocycles. The van der Waals surface area contributed by atoms with Gasteiger partial charge in [0.15, 0.2) is 0 Å². The molecule has 24 heavy (non-hydrogen) atoms. The van der Waals surface area contributed by atoms with Gasteiger partial charge in [0.2, 0.25) is 0 Å². The zero-order valence-corrected chi connectivity index (χ0v) is 17.6. The van der Waals surface area contributed by atoms with Crippen LogP contribution in [0.4, 0.5) is 0 Å². The van der Waals surface area contributed by atoms with E-state index in [0.29, 0.717) is 39.2 Å². The smallest absolute Gasteiger partial charge is 0.346 e. The molecule has 6 nitrogen and oxygen atoms in total. The van der Waals surface area contributed by atoms with Gasteiger partial charge in [-0.2, -0.15) is 0 Å². The third-order valence-corrected chi connectivity index (χ3v) is 7.64. The van der Waals surface area contributed by atoms with Crippen molar-refractivity contribution in [2.24, 2.45) is 0 Å². The van der Waals surface area contributed by atoms with Crippen LogP contribution in [-0.2, 0) is 13.8 Å². The Morgan fingerprint density at radius 2 is 1.62 bits per heavy atom. The summed E-state index contributed by atoms with van der Waals surface area (Å²) in [6, 6.07) is 0. The Kier molecular flexibility index (Phi) is 8.88. The predicted octanol–water partition coefficient (Wildman–Crippen LogP) is 3.69. The van der Waals surface area contributed by atoms with E-state index in [-0.39, 0.29) is 17.9 Å². The van der Waals surface area contributed by atoms with Crippen LogP contribution in [0, 0.1) is 0 Å². The van der Waals surface area contributed by atoms with Crippen molar-refractivity contribution in [2.45, 2.75) is 79.2 Å². The summed E-state index contributed by atoms with van der Waals surface area (Å²) in [6.07, 6.45) is 1.86. The van der Waals surface area contributed by atoms with Crippen LogP contribution in [0.25, 0.3) is 0 Å². The zero-order chi connectivity index (χ0) is 18.4. The van der Waals surface area contributed by atoms with Gasteiger partial charge in [-0.3, -0.25) is 9.88 Å². The van der Waals surface area contributed by atoms with Crippen molar-refractivity contribution in [1.82, 2.24) is 14.7 Å². The van der Waals surface area contributed by atoms with Crippen LogP contribution in [-0.4, -0.2) is 60.0 Å². The third kappa shape index (κ3) is 5.79. The lowest BCUT2D eigenvalue weighted by Crippen LogP contribution is -2.55. The molecule has 2 atom stereocenters. The maximum atomic E-state index is 13.5. The fourth-order valence-electron chi connectivity index (χ4n) is 3.50. The highest BCUT2D eigenvalue weighted by Crippen LogP contribution is 2.53. The Balaban J connectivity index is 2.70. The standard InChI is InChI=1S/C17H38N3O3P/c1-8-19(9-2)24(21,20(10-3)11-4)22-13-12-16-18-17(6,7)14-15(5)23-16/h15-16,18H,8-14H2,1-7H3. The lowest BCUT2D eigenvalue weighted by molar-refractivity contribution is -0.0937. The van der Waals surface area contributed by atoms with Crippen molar-refractivity contribution in [2.75, 3.05) is 32.8 Å². The molecule has 1 rings (SSSR count). The quantitative estimate of drug-likeness (QED) is 0.598. The Labute approximate surface area is 148 Å². The Morgan fingerprint density at radius 1 is 1.12 bits per heavy atom. The molecule has 144 valence electrons. The van der Waals surface area contributed by atoms with E-state index >= 15 is 0 Å². The van der Waals surface area contributed by atoms with Gasteiger partial charge in [-0.05, 0) is 27.2 Å². The van der Waals surface area contributed by atoms with Crippen LogP contribution in [0.3, 0.4) is 0 Å². The molecule has 1 aliphatic heterocycles. The summed E-state index contributed by atoms with van der Waals surface area (Å²) in [5.74, 6) is 0. The van der Waals surface area contributed by atoms with Crippen molar-refractivity contribution >= 4 is 7.67 Å². The van der Waals surface area contributed by atoms with Gasteiger partial charge in [-0.25, -0.2) is 9.34 Å². The average Bonchev–Trinajstić information content (AvgIpc) is 2.47. The first-order chi connectivity index (χ1) is 11.2. The molecule has 0 aromatic rings. The van der Waals surface area contributed by atoms with Gasteiger partial charge in [0, 0.05) is 38.1 Å². The highest BCUT2D eigenvalue weighted by atomic mass is 31.2. The molecule has 1 aliphatic rings. The normalized spacial score (nSPS) is 24.7. The molecule has 1 saturated heterocycles. The van der Waals surface area contributed by atoms with Gasteiger partial charge in [0.25, 0.3) is 0 Å². The second-order valence-corrected chi connectivity index (χ2v) is 9.43. The molecule has 1 N–H and O–H groups in total. The van der Waals surface area contributed by atoms with E-state index in [1.807, 2.05) is 37.0 Å². The highest BCUT2D eigenvalue weighted by Gasteiger charge is 2.37. The van der Waals surface area contributed by atoms with E-state index in [4.69, 9.17) is 9.26 Å². The summed E-state index contributed by atoms with van der Waals surface area (Å²) in [5.41, 5.74) is 0.0593. The largest absolute Gasteiger partial charge is 0.360 e. The molecule has 0 spiro atoms. The van der Waals surface area contributed by atoms with Crippen LogP contribution in [0.1, 0.15) is 61.3 Å². The minimum atomic E-state index is -2.97. The Bertz CT molecular complexity index is 396. The van der Waals surface area contributed by atoms with Crippen LogP contribution >= 0.6 is 7.67 Å². The summed E-state index contributed by atoms with van der Waals surface area (Å²) in [4.78, 5) is 0. The van der Waals surface area contributed by atoms with Crippen LogP contribution < -0.4 is 5.32 Å². The maximum absolute atomic E-state index is 13.5. The highest BCUT2D eigenvalue weighted by molar-refractivity contribution is 7.53. The van der Waals surface area contributed by atoms with Gasteiger partial charge in [-0.1, -0.05) is 27.7 Å². The van der Waals surface area contributed by atoms with E-state index in [1.165, 1.54) is 0 Å². The van der Waals surface area contributed by atoms with Crippen molar-refractivity contribution in [1.29, 1.82) is 0 Å². The monoisotopic (exact) mass is 363 g/mol. The topological polar surface area (TPSA) is 54.0 Å². The zero-order valence-electron chi connectivity index (χ0n) is 16.7. The van der Waals surface area contributed by atoms with E-state index in [0.717, 1.165) is 6.42 Å². The van der Waals surface area contributed by atoms with Crippen LogP contribution in [0.5, 0.6) is 0 Å². The molecular weight excluding hydrogens is 325 g/mol. The van der Waals surface area contributed by atoms with E-state index in [9.17, 15) is 4.57 Å². The molecule has 0 aromatic heterocycles. The number of nitrogens with one attached hydrogen (secondary N) is 1. The maximum Gasteiger partial charge on any atom is 0.346 e. The second-order valence-electron chi connectivity index (χ2n) is 7.06. The summed E-state index contributed by atoms with van der Waals surface area (Å²) in [7, 11) is -2.97. The summed E-state index contributed by atoms with van der Waals surface area (Å²) < 4.78 is 29.4. The van der Waals surface area contributed by atoms with Crippen molar-refractivity contribution in [3.8, 4) is 0 Å². The van der Waals surface area contributed by atoms with E-state index in [2.05, 4.69) is 26.1 Å². The van der Waals surface area contributed by atoms with Crippen molar-refractivity contribution in [3.05, 3.63) is 0 Å². The SMILES string of the molecule is CCN(CC)P(=O)(OCCC1NC(C)(C)CC(C)O1)N(CC)CC. The molecule has 0 amide bonds. The number of rotatable bonds is 10. The fourth-order valence-corrected chi connectivity index (χ4v) is 5.96. The number of nitrogens with zero attached hydrogens (tertiary/aromatic N) is 2. The van der Waals surface area contributed by atoms with Crippen molar-refractivity contribution < 1.29 is 13.8 Å². The molecule has 1 fully saturated rings. The molecule has 0 saturated carbocycles. The predicted molar refractivity (Wildman–Crippen MR) is 100 cm³/mol. The molecule has 0 bridgehead atoms. The summed E-state index contributed by atoms with van der Waals surface area (Å²) in [6.45, 7) is 17.9. The second kappa shape index (κ2) is 9.65. The minimum absolute atomic E-state index is 0.0504. The first-order valence-electron chi connectivity index (χ1n) is 9.40. The fraction of sp³-hybridized carbons (Fsp3) is 1.00. The average molecular weight is 363 g/mol. The Hall–Kier alpha value is 0.0300. The molecule has 1 heterocycles. The van der Waals surface area contributed by atoms with Crippen LogP contribution in [0.2, 0.25) is 0 Å². The van der Waals surface area contributed by atoms with Gasteiger partial charge >= 0.3 is 7.67 Å². The van der Waals surface area contributed by atoms with Crippen LogP contribution in [0.15, 0.2) is 0 Å². The number of hydrogen-bond acceptors (Lipinski definition) is 4. The third-order valence-electron chi connectivity index (χ3n) is 4.56. The molecular formula is C17H38N3O3P. The molecule has 7 heteroatoms. The van der Waals surface area contributed by atoms with Crippen molar-refractivity contribution in [3.63, 3.8) is 0 Å². The lowest BCUT2D eigenvalue weighted by atomic mass is 9.95. The van der Waals surface area contributed by atoms with Gasteiger partial charge in [0.1, 0.15) is 6.23 Å². The first-order valence-corrected chi connectivity index (χ1v) is 10.9. The van der Waals surface area contributed by atoms with Gasteiger partial charge < -0.3 is 9.26 Å². The number of hydrogen-bond donors (Lipinski definition) is 1. The lowest BCUT2D eigenvalue weighted by Gasteiger charge is -2.41. The first kappa shape index (κ1) is 22.1. The van der Waals surface area contributed by atoms with E-state index < -0.39 is 7.67 Å². The molecule has 0 aliphatic carbocycles. The van der Waals surface area contributed by atoms with Gasteiger partial charge in [-0.15, -0.1) is 0 Å². The molecule has 2 unspecified atom stereocenters. The summed E-state index contributed by atoms with van der Waals surface area (Å²) in [5, 5.41) is 3.50. The van der Waals surface area contributed by atoms with Gasteiger partial charge in [0.05, 0.1) is 12.7 Å². The molecule has 0 radical (unpaired) electrons. The van der Waals surface area contributed by atoms with E-state index in [1.54, 1.807) is 0 Å². The minimum Gasteiger partial charge on any atom is -0.360 e. The Morgan fingerprint density at radius 3 is 2.04 bits per heavy atom. The number of ether oxygens (including phenoxy) is 1.